The van der Waals surface area contributed by atoms with Gasteiger partial charge in [-0.3, -0.25) is 4.79 Å². The average molecular weight is 337 g/mol. The molecule has 118 valence electrons. The summed E-state index contributed by atoms with van der Waals surface area (Å²) in [7, 11) is 3.13. The van der Waals surface area contributed by atoms with Crippen molar-refractivity contribution >= 4 is 29.0 Å². The van der Waals surface area contributed by atoms with Gasteiger partial charge in [-0.15, -0.1) is 11.3 Å². The maximum absolute atomic E-state index is 12.2. The minimum atomic E-state index is -0.128. The molecule has 0 unspecified atom stereocenters. The predicted molar refractivity (Wildman–Crippen MR) is 92.4 cm³/mol. The Kier molecular flexibility index (Phi) is 6.61. The molecule has 0 saturated heterocycles. The lowest BCUT2D eigenvalue weighted by Crippen LogP contribution is -2.26. The fourth-order valence-corrected chi connectivity index (χ4v) is 3.58. The predicted octanol–water partition coefficient (Wildman–Crippen LogP) is 3.43. The minimum Gasteiger partial charge on any atom is -0.497 e. The Labute approximate surface area is 138 Å². The number of carbonyl (C=O) groups excluding carboxylic acids is 1. The van der Waals surface area contributed by atoms with Crippen molar-refractivity contribution in [3.63, 3.8) is 0 Å². The van der Waals surface area contributed by atoms with Crippen LogP contribution < -0.4 is 14.8 Å². The van der Waals surface area contributed by atoms with E-state index in [2.05, 4.69) is 22.8 Å². The molecule has 2 aromatic rings. The van der Waals surface area contributed by atoms with Crippen molar-refractivity contribution in [1.29, 1.82) is 0 Å². The fraction of sp³-hybridized carbons (Fsp3) is 0.312. The Morgan fingerprint density at radius 3 is 2.82 bits per heavy atom. The normalized spacial score (nSPS) is 10.3. The first-order valence-corrected chi connectivity index (χ1v) is 8.88. The fourth-order valence-electron chi connectivity index (χ4n) is 1.89. The molecule has 0 aliphatic heterocycles. The van der Waals surface area contributed by atoms with Crippen LogP contribution in [0.5, 0.6) is 11.5 Å². The summed E-state index contributed by atoms with van der Waals surface area (Å²) in [5, 5.41) is 4.99. The molecule has 1 N–H and O–H groups in total. The van der Waals surface area contributed by atoms with E-state index in [1.54, 1.807) is 43.8 Å². The Morgan fingerprint density at radius 1 is 1.27 bits per heavy atom. The molecule has 0 fully saturated rings. The summed E-state index contributed by atoms with van der Waals surface area (Å²) in [4.78, 5) is 13.5. The number of hydrogen-bond acceptors (Lipinski definition) is 5. The van der Waals surface area contributed by atoms with Gasteiger partial charge in [-0.2, -0.15) is 11.8 Å². The summed E-state index contributed by atoms with van der Waals surface area (Å²) in [5.74, 6) is 2.92. The zero-order chi connectivity index (χ0) is 15.8. The number of thiophene rings is 1. The Bertz CT molecular complexity index is 599. The molecule has 0 spiro atoms. The van der Waals surface area contributed by atoms with Gasteiger partial charge in [-0.05, 0) is 23.6 Å². The standard InChI is InChI=1S/C16H19NO3S2/c1-19-12-5-6-14(15(10-12)20-2)16(18)17-7-9-21-11-13-4-3-8-22-13/h3-6,8,10H,7,9,11H2,1-2H3,(H,17,18). The molecule has 0 radical (unpaired) electrons. The van der Waals surface area contributed by atoms with E-state index in [-0.39, 0.29) is 5.91 Å². The quantitative estimate of drug-likeness (QED) is 0.750. The van der Waals surface area contributed by atoms with Crippen molar-refractivity contribution < 1.29 is 14.3 Å². The first kappa shape index (κ1) is 16.7. The van der Waals surface area contributed by atoms with E-state index >= 15 is 0 Å². The smallest absolute Gasteiger partial charge is 0.255 e. The number of amides is 1. The summed E-state index contributed by atoms with van der Waals surface area (Å²) in [6.45, 7) is 0.629. The van der Waals surface area contributed by atoms with Gasteiger partial charge in [0.15, 0.2) is 0 Å². The van der Waals surface area contributed by atoms with Crippen molar-refractivity contribution in [2.75, 3.05) is 26.5 Å². The largest absolute Gasteiger partial charge is 0.497 e. The Balaban J connectivity index is 1.79. The third-order valence-electron chi connectivity index (χ3n) is 3.01. The van der Waals surface area contributed by atoms with Crippen molar-refractivity contribution in [2.24, 2.45) is 0 Å². The van der Waals surface area contributed by atoms with Crippen LogP contribution in [-0.4, -0.2) is 32.4 Å². The molecular formula is C16H19NO3S2. The average Bonchev–Trinajstić information content (AvgIpc) is 3.07. The first-order chi connectivity index (χ1) is 10.7. The molecule has 1 aromatic carbocycles. The van der Waals surface area contributed by atoms with Gasteiger partial charge in [-0.1, -0.05) is 6.07 Å². The van der Waals surface area contributed by atoms with Crippen molar-refractivity contribution in [3.8, 4) is 11.5 Å². The molecule has 1 heterocycles. The molecular weight excluding hydrogens is 318 g/mol. The highest BCUT2D eigenvalue weighted by atomic mass is 32.2. The van der Waals surface area contributed by atoms with Gasteiger partial charge >= 0.3 is 0 Å². The highest BCUT2D eigenvalue weighted by Gasteiger charge is 2.12. The number of methoxy groups -OCH3 is 2. The lowest BCUT2D eigenvalue weighted by molar-refractivity contribution is 0.0953. The molecule has 4 nitrogen and oxygen atoms in total. The highest BCUT2D eigenvalue weighted by molar-refractivity contribution is 7.98. The monoisotopic (exact) mass is 337 g/mol. The van der Waals surface area contributed by atoms with Gasteiger partial charge in [-0.25, -0.2) is 0 Å². The maximum Gasteiger partial charge on any atom is 0.255 e. The Hall–Kier alpha value is -1.66. The summed E-state index contributed by atoms with van der Waals surface area (Å²) >= 11 is 3.56. The molecule has 0 aliphatic rings. The Morgan fingerprint density at radius 2 is 2.14 bits per heavy atom. The van der Waals surface area contributed by atoms with Gasteiger partial charge in [0.25, 0.3) is 5.91 Å². The van der Waals surface area contributed by atoms with Crippen LogP contribution in [0, 0.1) is 0 Å². The van der Waals surface area contributed by atoms with Crippen LogP contribution in [0.25, 0.3) is 0 Å². The molecule has 0 atom stereocenters. The van der Waals surface area contributed by atoms with E-state index in [0.717, 1.165) is 11.5 Å². The molecule has 22 heavy (non-hydrogen) atoms. The molecule has 0 saturated carbocycles. The van der Waals surface area contributed by atoms with E-state index in [1.807, 2.05) is 11.8 Å². The SMILES string of the molecule is COc1ccc(C(=O)NCCSCc2cccs2)c(OC)c1. The van der Waals surface area contributed by atoms with Gasteiger partial charge in [0.1, 0.15) is 11.5 Å². The van der Waals surface area contributed by atoms with Crippen LogP contribution in [0.4, 0.5) is 0 Å². The summed E-state index contributed by atoms with van der Waals surface area (Å²) in [6.07, 6.45) is 0. The number of carbonyl (C=O) groups is 1. The highest BCUT2D eigenvalue weighted by Crippen LogP contribution is 2.24. The van der Waals surface area contributed by atoms with Crippen LogP contribution in [0.3, 0.4) is 0 Å². The van der Waals surface area contributed by atoms with Gasteiger partial charge in [0, 0.05) is 29.0 Å². The molecule has 0 aliphatic carbocycles. The molecule has 1 amide bonds. The zero-order valence-electron chi connectivity index (χ0n) is 12.6. The summed E-state index contributed by atoms with van der Waals surface area (Å²) < 4.78 is 10.4. The molecule has 0 bridgehead atoms. The van der Waals surface area contributed by atoms with Crippen molar-refractivity contribution in [1.82, 2.24) is 5.32 Å². The molecule has 1 aromatic heterocycles. The van der Waals surface area contributed by atoms with Crippen LogP contribution in [0.15, 0.2) is 35.7 Å². The third kappa shape index (κ3) is 4.68. The number of nitrogens with one attached hydrogen (secondary N) is 1. The maximum atomic E-state index is 12.2. The van der Waals surface area contributed by atoms with E-state index in [9.17, 15) is 4.79 Å². The second-order valence-corrected chi connectivity index (χ2v) is 6.59. The second-order valence-electron chi connectivity index (χ2n) is 4.45. The first-order valence-electron chi connectivity index (χ1n) is 6.85. The van der Waals surface area contributed by atoms with Crippen LogP contribution >= 0.6 is 23.1 Å². The van der Waals surface area contributed by atoms with Crippen molar-refractivity contribution in [3.05, 3.63) is 46.2 Å². The number of benzene rings is 1. The lowest BCUT2D eigenvalue weighted by atomic mass is 10.2. The summed E-state index contributed by atoms with van der Waals surface area (Å²) in [5.41, 5.74) is 0.520. The topological polar surface area (TPSA) is 47.6 Å². The molecule has 6 heteroatoms. The van der Waals surface area contributed by atoms with Crippen molar-refractivity contribution in [2.45, 2.75) is 5.75 Å². The second kappa shape index (κ2) is 8.70. The van der Waals surface area contributed by atoms with Crippen LogP contribution in [-0.2, 0) is 5.75 Å². The van der Waals surface area contributed by atoms with E-state index < -0.39 is 0 Å². The van der Waals surface area contributed by atoms with Crippen LogP contribution in [0.1, 0.15) is 15.2 Å². The summed E-state index contributed by atoms with van der Waals surface area (Å²) in [6, 6.07) is 9.35. The zero-order valence-corrected chi connectivity index (χ0v) is 14.3. The van der Waals surface area contributed by atoms with Gasteiger partial charge < -0.3 is 14.8 Å². The number of ether oxygens (including phenoxy) is 2. The third-order valence-corrected chi connectivity index (χ3v) is 5.08. The number of thioether (sulfide) groups is 1. The van der Waals surface area contributed by atoms with E-state index in [4.69, 9.17) is 9.47 Å². The number of hydrogen-bond donors (Lipinski definition) is 1. The van der Waals surface area contributed by atoms with Crippen LogP contribution in [0.2, 0.25) is 0 Å². The number of rotatable bonds is 8. The lowest BCUT2D eigenvalue weighted by Gasteiger charge is -2.10. The minimum absolute atomic E-state index is 0.128. The van der Waals surface area contributed by atoms with E-state index in [0.29, 0.717) is 23.6 Å². The van der Waals surface area contributed by atoms with E-state index in [1.165, 1.54) is 4.88 Å². The van der Waals surface area contributed by atoms with Gasteiger partial charge in [0.2, 0.25) is 0 Å². The van der Waals surface area contributed by atoms with Gasteiger partial charge in [0.05, 0.1) is 19.8 Å². The molecule has 2 rings (SSSR count).